The van der Waals surface area contributed by atoms with Crippen LogP contribution in [-0.4, -0.2) is 53.7 Å². The molecule has 264 valence electrons. The minimum absolute atomic E-state index is 0.00308. The van der Waals surface area contributed by atoms with Crippen molar-refractivity contribution < 1.29 is 27.5 Å². The summed E-state index contributed by atoms with van der Waals surface area (Å²) >= 11 is 2.77. The Labute approximate surface area is 298 Å². The molecule has 0 atom stereocenters. The van der Waals surface area contributed by atoms with Crippen LogP contribution in [0.25, 0.3) is 22.1 Å². The van der Waals surface area contributed by atoms with E-state index in [0.717, 1.165) is 36.4 Å². The van der Waals surface area contributed by atoms with Crippen LogP contribution < -0.4 is 25.9 Å². The van der Waals surface area contributed by atoms with Crippen molar-refractivity contribution in [1.29, 1.82) is 0 Å². The van der Waals surface area contributed by atoms with Crippen LogP contribution in [-0.2, 0) is 23.3 Å². The largest absolute Gasteiger partial charge is 0.448 e. The number of hydrogen-bond donors (Lipinski definition) is 1. The van der Waals surface area contributed by atoms with E-state index in [2.05, 4.69) is 30.1 Å². The highest BCUT2D eigenvalue weighted by atomic mass is 32.2. The molecular weight excluding hydrogens is 705 g/mol. The maximum absolute atomic E-state index is 13.8. The van der Waals surface area contributed by atoms with Crippen LogP contribution >= 0.6 is 23.8 Å². The molecule has 0 spiro atoms. The summed E-state index contributed by atoms with van der Waals surface area (Å²) in [6.07, 6.45) is 5.30. The Kier molecular flexibility index (Phi) is 11.4. The summed E-state index contributed by atoms with van der Waals surface area (Å²) < 4.78 is 45.8. The molecule has 1 fully saturated rings. The number of para-hydroxylation sites is 2. The van der Waals surface area contributed by atoms with Crippen molar-refractivity contribution in [1.82, 2.24) is 29.1 Å². The van der Waals surface area contributed by atoms with Crippen molar-refractivity contribution >= 4 is 51.8 Å². The number of hydrogen-bond acceptors (Lipinski definition) is 13. The van der Waals surface area contributed by atoms with Crippen molar-refractivity contribution in [3.05, 3.63) is 105 Å². The van der Waals surface area contributed by atoms with Gasteiger partial charge >= 0.3 is 0 Å². The topological polar surface area (TPSA) is 145 Å². The van der Waals surface area contributed by atoms with Crippen LogP contribution in [0.4, 0.5) is 14.7 Å². The molecule has 0 aliphatic carbocycles. The van der Waals surface area contributed by atoms with E-state index < -0.39 is 17.2 Å². The summed E-state index contributed by atoms with van der Waals surface area (Å²) in [4.78, 5) is 46.7. The van der Waals surface area contributed by atoms with Gasteiger partial charge in [0.1, 0.15) is 23.3 Å². The lowest BCUT2D eigenvalue weighted by Crippen LogP contribution is -2.26. The monoisotopic (exact) mass is 735 g/mol. The van der Waals surface area contributed by atoms with Gasteiger partial charge in [0.05, 0.1) is 7.11 Å². The minimum Gasteiger partial charge on any atom is -0.448 e. The number of thioether (sulfide) groups is 1. The fourth-order valence-corrected chi connectivity index (χ4v) is 6.51. The number of benzene rings is 2. The van der Waals surface area contributed by atoms with Gasteiger partial charge < -0.3 is 14.8 Å². The van der Waals surface area contributed by atoms with Gasteiger partial charge in [-0.25, -0.2) is 28.6 Å². The fourth-order valence-electron chi connectivity index (χ4n) is 5.06. The zero-order valence-corrected chi connectivity index (χ0v) is 29.2. The van der Waals surface area contributed by atoms with E-state index in [0.29, 0.717) is 34.1 Å². The number of aromatic nitrogens is 6. The quantitative estimate of drug-likeness (QED) is 0.0756. The van der Waals surface area contributed by atoms with Gasteiger partial charge in [0.2, 0.25) is 11.1 Å². The molecule has 0 bridgehead atoms. The van der Waals surface area contributed by atoms with Gasteiger partial charge in [0.25, 0.3) is 11.1 Å². The summed E-state index contributed by atoms with van der Waals surface area (Å²) in [7, 11) is 4.51. The highest BCUT2D eigenvalue weighted by Gasteiger charge is 2.17. The van der Waals surface area contributed by atoms with Crippen molar-refractivity contribution in [2.24, 2.45) is 14.1 Å². The molecule has 1 aliphatic heterocycles. The van der Waals surface area contributed by atoms with Crippen molar-refractivity contribution in [3.8, 4) is 23.0 Å². The first-order chi connectivity index (χ1) is 24.7. The smallest absolute Gasteiger partial charge is 0.294 e. The van der Waals surface area contributed by atoms with Gasteiger partial charge in [-0.1, -0.05) is 24.3 Å². The maximum Gasteiger partial charge on any atom is 0.294 e. The summed E-state index contributed by atoms with van der Waals surface area (Å²) in [6, 6.07) is 15.2. The number of fused-ring (bicyclic) bond motifs is 2. The lowest BCUT2D eigenvalue weighted by Gasteiger charge is -2.22. The summed E-state index contributed by atoms with van der Waals surface area (Å²) in [5, 5.41) is 4.84. The minimum atomic E-state index is -0.556. The number of pyridine rings is 2. The van der Waals surface area contributed by atoms with Gasteiger partial charge in [-0.2, -0.15) is 21.1 Å². The lowest BCUT2D eigenvalue weighted by molar-refractivity contribution is -0.160. The van der Waals surface area contributed by atoms with E-state index >= 15 is 0 Å². The van der Waals surface area contributed by atoms with Gasteiger partial charge in [-0.3, -0.25) is 18.7 Å². The predicted octanol–water partition coefficient (Wildman–Crippen LogP) is 6.41. The van der Waals surface area contributed by atoms with Crippen LogP contribution in [0, 0.1) is 11.6 Å². The van der Waals surface area contributed by atoms with E-state index in [-0.39, 0.29) is 33.7 Å². The zero-order valence-electron chi connectivity index (χ0n) is 27.5. The summed E-state index contributed by atoms with van der Waals surface area (Å²) in [5.41, 5.74) is 0.0548. The Bertz CT molecular complexity index is 2300. The molecule has 1 aliphatic rings. The van der Waals surface area contributed by atoms with Crippen LogP contribution in [0.1, 0.15) is 12.8 Å². The van der Waals surface area contributed by atoms with E-state index in [1.54, 1.807) is 37.5 Å². The van der Waals surface area contributed by atoms with Crippen LogP contribution in [0.3, 0.4) is 0 Å². The molecule has 0 unspecified atom stereocenters. The molecule has 0 amide bonds. The van der Waals surface area contributed by atoms with E-state index in [1.807, 2.05) is 11.8 Å². The van der Waals surface area contributed by atoms with E-state index in [4.69, 9.17) is 13.8 Å². The number of halogens is 2. The zero-order chi connectivity index (χ0) is 35.9. The first-order valence-electron chi connectivity index (χ1n) is 15.5. The molecule has 17 heteroatoms. The predicted molar refractivity (Wildman–Crippen MR) is 190 cm³/mol. The number of ether oxygens (including phenoxy) is 2. The molecule has 2 aromatic carbocycles. The molecule has 0 radical (unpaired) electrons. The third-order valence-electron chi connectivity index (χ3n) is 7.65. The molecule has 0 saturated carbocycles. The van der Waals surface area contributed by atoms with E-state index in [1.165, 1.54) is 65.9 Å². The molecular formula is C34H31F2N7O6S2. The molecule has 5 heterocycles. The van der Waals surface area contributed by atoms with Crippen molar-refractivity contribution in [2.75, 3.05) is 23.9 Å². The van der Waals surface area contributed by atoms with Crippen molar-refractivity contribution in [2.45, 2.75) is 24.0 Å². The number of anilines is 1. The first kappa shape index (κ1) is 35.7. The first-order valence-corrected chi connectivity index (χ1v) is 17.4. The summed E-state index contributed by atoms with van der Waals surface area (Å²) in [5.74, 6) is 1.66. The Morgan fingerprint density at radius 3 is 1.86 bits per heavy atom. The number of rotatable bonds is 9. The maximum atomic E-state index is 13.8. The Balaban J connectivity index is 0.000000177. The number of aryl methyl sites for hydroxylation is 2. The highest BCUT2D eigenvalue weighted by Crippen LogP contribution is 2.26. The van der Waals surface area contributed by atoms with Gasteiger partial charge in [0.15, 0.2) is 34.6 Å². The molecule has 51 heavy (non-hydrogen) atoms. The average molecular weight is 736 g/mol. The van der Waals surface area contributed by atoms with Crippen LogP contribution in [0.5, 0.6) is 23.0 Å². The van der Waals surface area contributed by atoms with Crippen LogP contribution in [0.15, 0.2) is 87.8 Å². The van der Waals surface area contributed by atoms with Gasteiger partial charge in [0, 0.05) is 43.3 Å². The third-order valence-corrected chi connectivity index (χ3v) is 9.25. The Hall–Kier alpha value is -5.10. The Morgan fingerprint density at radius 2 is 1.31 bits per heavy atom. The number of nitrogens with zero attached hydrogens (tertiary/aromatic N) is 6. The number of nitrogens with one attached hydrogen (secondary N) is 1. The molecule has 1 N–H and O–H groups in total. The molecule has 1 saturated heterocycles. The molecule has 6 aromatic rings. The lowest BCUT2D eigenvalue weighted by atomic mass is 10.2. The average Bonchev–Trinajstić information content (AvgIpc) is 3.14. The van der Waals surface area contributed by atoms with Crippen LogP contribution in [0.2, 0.25) is 0 Å². The van der Waals surface area contributed by atoms with Gasteiger partial charge in [-0.05, 0) is 60.7 Å². The SMILES string of the molecule is COOSc1ncc2cc(Oc3ccccc3F)c(=O)n(C)c2n1.Cn1c(=O)c(Oc2ccccc2F)cc2cnc(NC3CCSCC3)nc21. The molecule has 13 nitrogen and oxygen atoms in total. The second kappa shape index (κ2) is 16.3. The second-order valence-corrected chi connectivity index (χ2v) is 13.0. The standard InChI is InChI=1S/C19H19FN4O2S.C15H12FN3O4S/c1-24-17-12(11-21-19(23-17)22-13-6-8-27-9-7-13)10-16(18(24)25)26-15-5-3-2-4-14(15)20;1-19-13-9(8-17-15(18-13)24-23-21-2)7-12(14(19)20)22-11-6-4-3-5-10(11)16/h2-5,10-11,13H,6-9H2,1H3,(H,21,22,23);3-8H,1-2H3. The summed E-state index contributed by atoms with van der Waals surface area (Å²) in [6.45, 7) is 0. The second-order valence-electron chi connectivity index (χ2n) is 11.1. The molecule has 4 aromatic heterocycles. The van der Waals surface area contributed by atoms with Gasteiger partial charge in [-0.15, -0.1) is 0 Å². The highest BCUT2D eigenvalue weighted by molar-refractivity contribution is 7.99. The van der Waals surface area contributed by atoms with Crippen molar-refractivity contribution in [3.63, 3.8) is 0 Å². The normalized spacial score (nSPS) is 13.1. The third kappa shape index (κ3) is 8.45. The Morgan fingerprint density at radius 1 is 0.784 bits per heavy atom. The van der Waals surface area contributed by atoms with E-state index in [9.17, 15) is 18.4 Å². The molecule has 7 rings (SSSR count). The fraction of sp³-hybridized carbons (Fsp3) is 0.235.